The van der Waals surface area contributed by atoms with Gasteiger partial charge in [-0.3, -0.25) is 0 Å². The molecule has 0 bridgehead atoms. The highest BCUT2D eigenvalue weighted by Crippen LogP contribution is 1.81. The van der Waals surface area contributed by atoms with Gasteiger partial charge in [0.05, 0.1) is 0 Å². The fourth-order valence-corrected chi connectivity index (χ4v) is 0. The van der Waals surface area contributed by atoms with Gasteiger partial charge in [0.15, 0.2) is 0 Å². The topological polar surface area (TPSA) is 0 Å². The maximum Gasteiger partial charge on any atom is -0.0473 e. The van der Waals surface area contributed by atoms with E-state index in [1.54, 1.807) is 6.08 Å². The van der Waals surface area contributed by atoms with Crippen LogP contribution in [0, 0.1) is 5.92 Å². The molecule has 0 aromatic heterocycles. The Labute approximate surface area is 108 Å². The molecule has 16 heavy (non-hydrogen) atoms. The highest BCUT2D eigenvalue weighted by molar-refractivity contribution is 4.51. The van der Waals surface area contributed by atoms with Crippen LogP contribution in [0.2, 0.25) is 0 Å². The van der Waals surface area contributed by atoms with Crippen LogP contribution in [0.1, 0.15) is 88.5 Å². The predicted octanol–water partition coefficient (Wildman–Crippen LogP) is 7.10. The molecule has 0 atom stereocenters. The number of allylic oxidation sites excluding steroid dienone is 1. The molecule has 0 heteroatoms. The molecule has 0 aliphatic rings. The Morgan fingerprint density at radius 2 is 0.938 bits per heavy atom. The summed E-state index contributed by atoms with van der Waals surface area (Å²) in [6, 6.07) is 0. The molecule has 0 saturated carbocycles. The van der Waals surface area contributed by atoms with Gasteiger partial charge in [-0.05, 0) is 12.8 Å². The Hall–Kier alpha value is -0.260. The molecule has 104 valence electrons. The summed E-state index contributed by atoms with van der Waals surface area (Å²) in [5.41, 5.74) is 0. The lowest BCUT2D eigenvalue weighted by atomic mass is 10.3. The van der Waals surface area contributed by atoms with E-state index < -0.39 is 0 Å². The van der Waals surface area contributed by atoms with Crippen LogP contribution in [0.15, 0.2) is 12.7 Å². The maximum atomic E-state index is 3.36. The minimum absolute atomic E-state index is 0.833. The third-order valence-corrected chi connectivity index (χ3v) is 0.500. The number of hydrogen-bond donors (Lipinski definition) is 0. The van der Waals surface area contributed by atoms with Gasteiger partial charge in [-0.2, -0.15) is 0 Å². The van der Waals surface area contributed by atoms with Crippen molar-refractivity contribution in [2.45, 2.75) is 88.5 Å². The van der Waals surface area contributed by atoms with Crippen LogP contribution in [0.4, 0.5) is 0 Å². The molecule has 0 amide bonds. The molecule has 0 heterocycles. The standard InChI is InChI=1S/2C4H10.C3H8.C3H6.C2H6/c1-4(2)3;1-3-4-2;2*1-3-2;1-2/h4H,1-3H3;3-4H2,1-2H3;3H2,1-2H3;3H,1H2,2H3;1-2H3. The molecule has 0 saturated heterocycles. The van der Waals surface area contributed by atoms with Gasteiger partial charge in [0.25, 0.3) is 0 Å². The molecule has 0 N–H and O–H groups in total. The van der Waals surface area contributed by atoms with Crippen molar-refractivity contribution in [3.63, 3.8) is 0 Å². The Morgan fingerprint density at radius 3 is 0.938 bits per heavy atom. The Morgan fingerprint density at radius 1 is 0.875 bits per heavy atom. The van der Waals surface area contributed by atoms with Gasteiger partial charge < -0.3 is 0 Å². The van der Waals surface area contributed by atoms with Crippen LogP contribution in [0.5, 0.6) is 0 Å². The van der Waals surface area contributed by atoms with E-state index in [4.69, 9.17) is 0 Å². The number of rotatable bonds is 1. The predicted molar refractivity (Wildman–Crippen MR) is 84.3 cm³/mol. The van der Waals surface area contributed by atoms with Gasteiger partial charge in [0.1, 0.15) is 0 Å². The minimum atomic E-state index is 0.833. The lowest BCUT2D eigenvalue weighted by Gasteiger charge is -1.79. The highest BCUT2D eigenvalue weighted by Gasteiger charge is 1.68. The average Bonchev–Trinajstić information content (AvgIpc) is 2.22. The van der Waals surface area contributed by atoms with Gasteiger partial charge in [0, 0.05) is 0 Å². The molecule has 0 radical (unpaired) electrons. The molecule has 0 spiro atoms. The molecule has 0 fully saturated rings. The van der Waals surface area contributed by atoms with Crippen molar-refractivity contribution >= 4 is 0 Å². The molecule has 0 aliphatic heterocycles. The first-order chi connectivity index (χ1) is 7.47. The Balaban J connectivity index is -0.0000000322. The quantitative estimate of drug-likeness (QED) is 0.423. The van der Waals surface area contributed by atoms with Crippen molar-refractivity contribution < 1.29 is 0 Å². The fourth-order valence-electron chi connectivity index (χ4n) is 0. The molecule has 0 unspecified atom stereocenters. The minimum Gasteiger partial charge on any atom is -0.103 e. The second-order valence-electron chi connectivity index (χ2n) is 3.85. The molecule has 0 aromatic rings. The van der Waals surface area contributed by atoms with E-state index in [-0.39, 0.29) is 0 Å². The highest BCUT2D eigenvalue weighted by atomic mass is 13.7. The lowest BCUT2D eigenvalue weighted by molar-refractivity contribution is 0.737. The number of unbranched alkanes of at least 4 members (excludes halogenated alkanes) is 1. The zero-order chi connectivity index (χ0) is 14.4. The number of hydrogen-bond acceptors (Lipinski definition) is 0. The summed E-state index contributed by atoms with van der Waals surface area (Å²) in [5, 5.41) is 0. The summed E-state index contributed by atoms with van der Waals surface area (Å²) in [4.78, 5) is 0. The summed E-state index contributed by atoms with van der Waals surface area (Å²) >= 11 is 0. The van der Waals surface area contributed by atoms with E-state index in [1.165, 1.54) is 19.3 Å². The van der Waals surface area contributed by atoms with E-state index in [0.29, 0.717) is 0 Å². The Kier molecular flexibility index (Phi) is 114. The van der Waals surface area contributed by atoms with Crippen molar-refractivity contribution in [2.24, 2.45) is 5.92 Å². The van der Waals surface area contributed by atoms with E-state index >= 15 is 0 Å². The van der Waals surface area contributed by atoms with Gasteiger partial charge >= 0.3 is 0 Å². The van der Waals surface area contributed by atoms with Gasteiger partial charge in [0.2, 0.25) is 0 Å². The largest absolute Gasteiger partial charge is 0.103 e. The second-order valence-corrected chi connectivity index (χ2v) is 3.85. The summed E-state index contributed by atoms with van der Waals surface area (Å²) in [7, 11) is 0. The maximum absolute atomic E-state index is 3.36. The monoisotopic (exact) mass is 232 g/mol. The van der Waals surface area contributed by atoms with Crippen LogP contribution in [-0.2, 0) is 0 Å². The SMILES string of the molecule is C=CC.CC.CC(C)C.CCC.CCCC. The van der Waals surface area contributed by atoms with Crippen molar-refractivity contribution in [3.8, 4) is 0 Å². The average molecular weight is 232 g/mol. The first-order valence-corrected chi connectivity index (χ1v) is 7.05. The summed E-state index contributed by atoms with van der Waals surface area (Å²) in [6.07, 6.45) is 5.64. The molecule has 0 aliphatic carbocycles. The van der Waals surface area contributed by atoms with E-state index in [9.17, 15) is 0 Å². The third-order valence-electron chi connectivity index (χ3n) is 0.500. The summed E-state index contributed by atoms with van der Waals surface area (Å²) in [5.74, 6) is 0.833. The van der Waals surface area contributed by atoms with Crippen LogP contribution in [0.3, 0.4) is 0 Å². The third kappa shape index (κ3) is 4070. The van der Waals surface area contributed by atoms with Crippen molar-refractivity contribution in [1.82, 2.24) is 0 Å². The molecular weight excluding hydrogens is 192 g/mol. The Bertz CT molecular complexity index is 48.3. The van der Waals surface area contributed by atoms with Gasteiger partial charge in [-0.1, -0.05) is 87.7 Å². The molecule has 0 nitrogen and oxygen atoms in total. The summed E-state index contributed by atoms with van der Waals surface area (Å²) < 4.78 is 0. The zero-order valence-electron chi connectivity index (χ0n) is 14.0. The first-order valence-electron chi connectivity index (χ1n) is 7.05. The van der Waals surface area contributed by atoms with E-state index in [0.717, 1.165) is 5.92 Å². The van der Waals surface area contributed by atoms with Gasteiger partial charge in [-0.15, -0.1) is 6.58 Å². The first kappa shape index (κ1) is 29.6. The van der Waals surface area contributed by atoms with Gasteiger partial charge in [-0.25, -0.2) is 0 Å². The van der Waals surface area contributed by atoms with Crippen molar-refractivity contribution in [3.05, 3.63) is 12.7 Å². The smallest absolute Gasteiger partial charge is 0.0473 e. The molecular formula is C16H40. The van der Waals surface area contributed by atoms with Crippen LogP contribution >= 0.6 is 0 Å². The zero-order valence-corrected chi connectivity index (χ0v) is 14.0. The summed E-state index contributed by atoms with van der Waals surface area (Å²) in [6.45, 7) is 24.4. The van der Waals surface area contributed by atoms with Crippen molar-refractivity contribution in [2.75, 3.05) is 0 Å². The lowest BCUT2D eigenvalue weighted by Crippen LogP contribution is -1.66. The van der Waals surface area contributed by atoms with E-state index in [2.05, 4.69) is 55.0 Å². The fraction of sp³-hybridized carbons (Fsp3) is 0.875. The molecule has 0 aromatic carbocycles. The van der Waals surface area contributed by atoms with Crippen LogP contribution < -0.4 is 0 Å². The second kappa shape index (κ2) is 61.3. The van der Waals surface area contributed by atoms with Crippen molar-refractivity contribution in [1.29, 1.82) is 0 Å². The normalized spacial score (nSPS) is 6.44. The van der Waals surface area contributed by atoms with Crippen LogP contribution in [-0.4, -0.2) is 0 Å². The van der Waals surface area contributed by atoms with E-state index in [1.807, 2.05) is 20.8 Å². The van der Waals surface area contributed by atoms with Crippen LogP contribution in [0.25, 0.3) is 0 Å². The molecule has 0 rings (SSSR count).